The van der Waals surface area contributed by atoms with Gasteiger partial charge in [0.1, 0.15) is 5.75 Å². The Labute approximate surface area is 177 Å². The average Bonchev–Trinajstić information content (AvgIpc) is 3.09. The Kier molecular flexibility index (Phi) is 6.26. The molecule has 0 bridgehead atoms. The number of hydrogen-bond acceptors (Lipinski definition) is 5. The Morgan fingerprint density at radius 3 is 2.33 bits per heavy atom. The summed E-state index contributed by atoms with van der Waals surface area (Å²) < 4.78 is 5.16. The van der Waals surface area contributed by atoms with Gasteiger partial charge in [-0.2, -0.15) is 0 Å². The van der Waals surface area contributed by atoms with Crippen LogP contribution in [0.25, 0.3) is 6.08 Å². The lowest BCUT2D eigenvalue weighted by Crippen LogP contribution is -2.52. The Balaban J connectivity index is 1.31. The first kappa shape index (κ1) is 20.3. The summed E-state index contributed by atoms with van der Waals surface area (Å²) in [5.41, 5.74) is 1.81. The summed E-state index contributed by atoms with van der Waals surface area (Å²) in [5, 5.41) is 0. The average molecular weight is 405 g/mol. The van der Waals surface area contributed by atoms with Gasteiger partial charge in [0.25, 0.3) is 5.91 Å². The van der Waals surface area contributed by atoms with Gasteiger partial charge in [-0.05, 0) is 29.8 Å². The highest BCUT2D eigenvalue weighted by molar-refractivity contribution is 6.22. The lowest BCUT2D eigenvalue weighted by atomic mass is 10.1. The molecule has 2 aliphatic rings. The van der Waals surface area contributed by atoms with Crippen LogP contribution in [0.4, 0.5) is 5.69 Å². The molecule has 2 aliphatic heterocycles. The Hall–Kier alpha value is -2.96. The second kappa shape index (κ2) is 9.24. The lowest BCUT2D eigenvalue weighted by molar-refractivity contribution is -0.123. The van der Waals surface area contributed by atoms with Gasteiger partial charge < -0.3 is 4.74 Å². The quantitative estimate of drug-likeness (QED) is 0.692. The van der Waals surface area contributed by atoms with Gasteiger partial charge in [-0.15, -0.1) is 0 Å². The van der Waals surface area contributed by atoms with Crippen LogP contribution in [0.5, 0.6) is 5.75 Å². The van der Waals surface area contributed by atoms with Crippen LogP contribution in [0.3, 0.4) is 0 Å². The van der Waals surface area contributed by atoms with E-state index in [0.29, 0.717) is 11.4 Å². The normalized spacial score (nSPS) is 21.0. The molecule has 0 spiro atoms. The SMILES string of the molecule is COc1ccc(N2C(=O)C[C@@H](N3CCN(C/C=C\c4ccccc4)CC3)C2=O)cc1. The van der Waals surface area contributed by atoms with E-state index < -0.39 is 0 Å². The van der Waals surface area contributed by atoms with Crippen LogP contribution in [0.2, 0.25) is 0 Å². The number of nitrogens with zero attached hydrogens (tertiary/aromatic N) is 3. The Morgan fingerprint density at radius 2 is 1.67 bits per heavy atom. The summed E-state index contributed by atoms with van der Waals surface area (Å²) in [6.45, 7) is 4.25. The van der Waals surface area contributed by atoms with Crippen molar-refractivity contribution >= 4 is 23.6 Å². The first-order chi connectivity index (χ1) is 14.7. The molecular weight excluding hydrogens is 378 g/mol. The maximum atomic E-state index is 13.0. The van der Waals surface area contributed by atoms with E-state index in [0.717, 1.165) is 32.7 Å². The number of imide groups is 1. The van der Waals surface area contributed by atoms with E-state index in [4.69, 9.17) is 4.74 Å². The van der Waals surface area contributed by atoms with E-state index in [1.807, 2.05) is 18.2 Å². The second-order valence-electron chi connectivity index (χ2n) is 7.63. The minimum atomic E-state index is -0.360. The third-order valence-corrected chi connectivity index (χ3v) is 5.77. The monoisotopic (exact) mass is 405 g/mol. The lowest BCUT2D eigenvalue weighted by Gasteiger charge is -2.36. The van der Waals surface area contributed by atoms with Crippen LogP contribution in [0.1, 0.15) is 12.0 Å². The van der Waals surface area contributed by atoms with E-state index in [9.17, 15) is 9.59 Å². The first-order valence-electron chi connectivity index (χ1n) is 10.3. The van der Waals surface area contributed by atoms with E-state index >= 15 is 0 Å². The molecule has 0 unspecified atom stereocenters. The van der Waals surface area contributed by atoms with Crippen molar-refractivity contribution in [1.29, 1.82) is 0 Å². The third-order valence-electron chi connectivity index (χ3n) is 5.77. The highest BCUT2D eigenvalue weighted by Gasteiger charge is 2.43. The fourth-order valence-corrected chi connectivity index (χ4v) is 4.06. The fraction of sp³-hybridized carbons (Fsp3) is 0.333. The molecule has 0 aliphatic carbocycles. The molecule has 2 fully saturated rings. The maximum absolute atomic E-state index is 13.0. The molecule has 0 aromatic heterocycles. The van der Waals surface area contributed by atoms with Crippen LogP contribution in [0.15, 0.2) is 60.7 Å². The zero-order chi connectivity index (χ0) is 20.9. The molecule has 2 aromatic rings. The van der Waals surface area contributed by atoms with Crippen LogP contribution in [0, 0.1) is 0 Å². The summed E-state index contributed by atoms with van der Waals surface area (Å²) >= 11 is 0. The summed E-state index contributed by atoms with van der Waals surface area (Å²) in [4.78, 5) is 31.4. The number of rotatable bonds is 6. The van der Waals surface area contributed by atoms with Gasteiger partial charge in [0.2, 0.25) is 5.91 Å². The van der Waals surface area contributed by atoms with Crippen molar-refractivity contribution in [3.63, 3.8) is 0 Å². The number of carbonyl (C=O) groups is 2. The van der Waals surface area contributed by atoms with E-state index in [-0.39, 0.29) is 24.3 Å². The number of piperazine rings is 1. The van der Waals surface area contributed by atoms with E-state index in [1.54, 1.807) is 31.4 Å². The zero-order valence-corrected chi connectivity index (χ0v) is 17.2. The first-order valence-corrected chi connectivity index (χ1v) is 10.3. The zero-order valence-electron chi connectivity index (χ0n) is 17.2. The number of carbonyl (C=O) groups excluding carboxylic acids is 2. The Bertz CT molecular complexity index is 903. The molecule has 2 heterocycles. The highest BCUT2D eigenvalue weighted by Crippen LogP contribution is 2.27. The summed E-state index contributed by atoms with van der Waals surface area (Å²) in [6.07, 6.45) is 4.57. The van der Waals surface area contributed by atoms with Crippen molar-refractivity contribution in [3.05, 3.63) is 66.2 Å². The van der Waals surface area contributed by atoms with Crippen molar-refractivity contribution in [3.8, 4) is 5.75 Å². The molecule has 0 saturated carbocycles. The highest BCUT2D eigenvalue weighted by atomic mass is 16.5. The molecule has 156 valence electrons. The summed E-state index contributed by atoms with van der Waals surface area (Å²) in [7, 11) is 1.59. The van der Waals surface area contributed by atoms with Gasteiger partial charge in [-0.1, -0.05) is 42.5 Å². The molecule has 2 aromatic carbocycles. The van der Waals surface area contributed by atoms with Gasteiger partial charge in [-0.25, -0.2) is 4.90 Å². The maximum Gasteiger partial charge on any atom is 0.251 e. The minimum absolute atomic E-state index is 0.123. The van der Waals surface area contributed by atoms with Crippen LogP contribution in [-0.2, 0) is 9.59 Å². The number of anilines is 1. The standard InChI is InChI=1S/C24H27N3O3/c1-30-21-11-9-20(10-12-21)27-23(28)18-22(24(27)29)26-16-14-25(15-17-26)13-5-8-19-6-3-2-4-7-19/h2-12,22H,13-18H2,1H3/b8-5-/t22-/m1/s1. The molecule has 30 heavy (non-hydrogen) atoms. The van der Waals surface area contributed by atoms with Crippen LogP contribution >= 0.6 is 0 Å². The van der Waals surface area contributed by atoms with Crippen LogP contribution in [-0.4, -0.2) is 67.5 Å². The molecule has 0 radical (unpaired) electrons. The van der Waals surface area contributed by atoms with Crippen molar-refractivity contribution in [2.45, 2.75) is 12.5 Å². The molecule has 1 atom stereocenters. The summed E-state index contributed by atoms with van der Waals surface area (Å²) in [5.74, 6) is 0.442. The minimum Gasteiger partial charge on any atom is -0.497 e. The number of benzene rings is 2. The second-order valence-corrected chi connectivity index (χ2v) is 7.63. The van der Waals surface area contributed by atoms with Crippen molar-refractivity contribution in [2.75, 3.05) is 44.7 Å². The molecule has 6 nitrogen and oxygen atoms in total. The topological polar surface area (TPSA) is 53.1 Å². The molecular formula is C24H27N3O3. The molecule has 2 amide bonds. The smallest absolute Gasteiger partial charge is 0.251 e. The van der Waals surface area contributed by atoms with Crippen molar-refractivity contribution in [2.24, 2.45) is 0 Å². The van der Waals surface area contributed by atoms with E-state index in [1.165, 1.54) is 10.5 Å². The van der Waals surface area contributed by atoms with Crippen molar-refractivity contribution < 1.29 is 14.3 Å². The third kappa shape index (κ3) is 4.45. The number of methoxy groups -OCH3 is 1. The fourth-order valence-electron chi connectivity index (χ4n) is 4.06. The summed E-state index contributed by atoms with van der Waals surface area (Å²) in [6, 6.07) is 17.0. The number of amides is 2. The predicted molar refractivity (Wildman–Crippen MR) is 117 cm³/mol. The molecule has 0 N–H and O–H groups in total. The molecule has 4 rings (SSSR count). The Morgan fingerprint density at radius 1 is 0.967 bits per heavy atom. The molecule has 6 heteroatoms. The van der Waals surface area contributed by atoms with Gasteiger partial charge >= 0.3 is 0 Å². The van der Waals surface area contributed by atoms with Gasteiger partial charge in [0, 0.05) is 32.7 Å². The predicted octanol–water partition coefficient (Wildman–Crippen LogP) is 2.66. The van der Waals surface area contributed by atoms with Crippen molar-refractivity contribution in [1.82, 2.24) is 9.80 Å². The number of hydrogen-bond donors (Lipinski definition) is 0. The van der Waals surface area contributed by atoms with E-state index in [2.05, 4.69) is 34.1 Å². The number of ether oxygens (including phenoxy) is 1. The van der Waals surface area contributed by atoms with Gasteiger partial charge in [-0.3, -0.25) is 19.4 Å². The van der Waals surface area contributed by atoms with Gasteiger partial charge in [0.15, 0.2) is 0 Å². The van der Waals surface area contributed by atoms with Crippen LogP contribution < -0.4 is 9.64 Å². The molecule has 2 saturated heterocycles. The van der Waals surface area contributed by atoms with Gasteiger partial charge in [0.05, 0.1) is 25.3 Å². The largest absolute Gasteiger partial charge is 0.497 e.